The highest BCUT2D eigenvalue weighted by molar-refractivity contribution is 9.10. The van der Waals surface area contributed by atoms with Gasteiger partial charge in [0.15, 0.2) is 0 Å². The fraction of sp³-hybridized carbons (Fsp3) is 0.500. The van der Waals surface area contributed by atoms with Crippen molar-refractivity contribution in [1.82, 2.24) is 0 Å². The second-order valence-electron chi connectivity index (χ2n) is 6.00. The van der Waals surface area contributed by atoms with E-state index in [0.29, 0.717) is 20.2 Å². The molecule has 1 unspecified atom stereocenters. The number of rotatable bonds is 4. The molecule has 3 N–H and O–H groups in total. The van der Waals surface area contributed by atoms with Crippen molar-refractivity contribution < 1.29 is 4.79 Å². The van der Waals surface area contributed by atoms with E-state index in [-0.39, 0.29) is 23.8 Å². The van der Waals surface area contributed by atoms with Crippen molar-refractivity contribution in [2.24, 2.45) is 11.1 Å². The van der Waals surface area contributed by atoms with Gasteiger partial charge in [-0.3, -0.25) is 4.79 Å². The molecule has 3 nitrogen and oxygen atoms in total. The van der Waals surface area contributed by atoms with Crippen LogP contribution < -0.4 is 11.1 Å². The summed E-state index contributed by atoms with van der Waals surface area (Å²) in [5, 5.41) is 3.44. The smallest absolute Gasteiger partial charge is 0.225 e. The normalized spacial score (nSPS) is 13.2. The van der Waals surface area contributed by atoms with Crippen molar-refractivity contribution in [2.45, 2.75) is 39.7 Å². The van der Waals surface area contributed by atoms with E-state index in [1.807, 2.05) is 0 Å². The average molecular weight is 382 g/mol. The van der Waals surface area contributed by atoms with Gasteiger partial charge >= 0.3 is 0 Å². The topological polar surface area (TPSA) is 55.1 Å². The highest BCUT2D eigenvalue weighted by Gasteiger charge is 2.19. The first kappa shape index (κ1) is 17.8. The van der Waals surface area contributed by atoms with Crippen LogP contribution in [0.25, 0.3) is 0 Å². The summed E-state index contributed by atoms with van der Waals surface area (Å²) in [7, 11) is 0. The van der Waals surface area contributed by atoms with Crippen molar-refractivity contribution in [3.63, 3.8) is 0 Å². The average Bonchev–Trinajstić information content (AvgIpc) is 2.27. The first-order valence-electron chi connectivity index (χ1n) is 6.29. The van der Waals surface area contributed by atoms with Crippen LogP contribution in [0.5, 0.6) is 0 Å². The lowest BCUT2D eigenvalue weighted by molar-refractivity contribution is -0.116. The van der Waals surface area contributed by atoms with Crippen LogP contribution >= 0.6 is 39.1 Å². The molecule has 1 amide bonds. The number of benzene rings is 1. The lowest BCUT2D eigenvalue weighted by Gasteiger charge is -2.22. The van der Waals surface area contributed by atoms with E-state index in [2.05, 4.69) is 42.0 Å². The fourth-order valence-corrected chi connectivity index (χ4v) is 2.74. The maximum Gasteiger partial charge on any atom is 0.225 e. The van der Waals surface area contributed by atoms with Crippen molar-refractivity contribution in [3.8, 4) is 0 Å². The lowest BCUT2D eigenvalue weighted by Crippen LogP contribution is -2.31. The number of nitrogens with two attached hydrogens (primary N) is 1. The number of halogens is 3. The van der Waals surface area contributed by atoms with Crippen LogP contribution in [0.4, 0.5) is 5.69 Å². The molecule has 0 bridgehead atoms. The Hall–Kier alpha value is -0.290. The molecule has 1 aromatic carbocycles. The second kappa shape index (κ2) is 7.12. The molecule has 0 heterocycles. The standard InChI is InChI=1S/C14H19BrCl2N2O/c1-14(2,3)7-8(18)6-11(20)19-10-5-4-9(15)12(16)13(10)17/h4-5,8H,6-7,18H2,1-3H3,(H,19,20). The van der Waals surface area contributed by atoms with E-state index >= 15 is 0 Å². The molecule has 1 aromatic rings. The minimum absolute atomic E-state index is 0.0955. The van der Waals surface area contributed by atoms with E-state index in [0.717, 1.165) is 6.42 Å². The number of hydrogen-bond donors (Lipinski definition) is 2. The molecular weight excluding hydrogens is 363 g/mol. The van der Waals surface area contributed by atoms with Crippen LogP contribution in [-0.4, -0.2) is 11.9 Å². The highest BCUT2D eigenvalue weighted by atomic mass is 79.9. The van der Waals surface area contributed by atoms with Gasteiger partial charge in [0.2, 0.25) is 5.91 Å². The summed E-state index contributed by atoms with van der Waals surface area (Å²) in [5.41, 5.74) is 6.57. The van der Waals surface area contributed by atoms with Crippen LogP contribution in [0.3, 0.4) is 0 Å². The molecule has 0 radical (unpaired) electrons. The number of anilines is 1. The molecule has 0 aliphatic heterocycles. The zero-order chi connectivity index (χ0) is 15.5. The van der Waals surface area contributed by atoms with Gasteiger partial charge in [0.25, 0.3) is 0 Å². The maximum atomic E-state index is 12.0. The van der Waals surface area contributed by atoms with Gasteiger partial charge in [0.05, 0.1) is 15.7 Å². The Morgan fingerprint density at radius 2 is 1.95 bits per heavy atom. The van der Waals surface area contributed by atoms with Gasteiger partial charge in [0.1, 0.15) is 0 Å². The largest absolute Gasteiger partial charge is 0.327 e. The summed E-state index contributed by atoms with van der Waals surface area (Å²) in [6.07, 6.45) is 1.02. The van der Waals surface area contributed by atoms with Gasteiger partial charge in [-0.2, -0.15) is 0 Å². The van der Waals surface area contributed by atoms with Crippen molar-refractivity contribution in [2.75, 3.05) is 5.32 Å². The Morgan fingerprint density at radius 1 is 1.35 bits per heavy atom. The minimum atomic E-state index is -0.181. The van der Waals surface area contributed by atoms with E-state index in [9.17, 15) is 4.79 Å². The zero-order valence-electron chi connectivity index (χ0n) is 11.8. The van der Waals surface area contributed by atoms with Gasteiger partial charge in [-0.15, -0.1) is 0 Å². The lowest BCUT2D eigenvalue weighted by atomic mass is 9.87. The summed E-state index contributed by atoms with van der Waals surface area (Å²) in [6, 6.07) is 3.25. The number of nitrogens with one attached hydrogen (secondary N) is 1. The molecule has 0 saturated heterocycles. The highest BCUT2D eigenvalue weighted by Crippen LogP contribution is 2.35. The van der Waals surface area contributed by atoms with Gasteiger partial charge in [-0.25, -0.2) is 0 Å². The summed E-state index contributed by atoms with van der Waals surface area (Å²) in [5.74, 6) is -0.165. The minimum Gasteiger partial charge on any atom is -0.327 e. The van der Waals surface area contributed by atoms with Crippen molar-refractivity contribution in [3.05, 3.63) is 26.7 Å². The van der Waals surface area contributed by atoms with Gasteiger partial charge in [0, 0.05) is 16.9 Å². The van der Waals surface area contributed by atoms with Crippen LogP contribution in [0.15, 0.2) is 16.6 Å². The second-order valence-corrected chi connectivity index (χ2v) is 7.61. The predicted octanol–water partition coefficient (Wildman–Crippen LogP) is 4.85. The number of carbonyl (C=O) groups excluding carboxylic acids is 1. The monoisotopic (exact) mass is 380 g/mol. The Balaban J connectivity index is 2.66. The SMILES string of the molecule is CC(C)(C)CC(N)CC(=O)Nc1ccc(Br)c(Cl)c1Cl. The Morgan fingerprint density at radius 3 is 2.50 bits per heavy atom. The van der Waals surface area contributed by atoms with Crippen LogP contribution in [0.1, 0.15) is 33.6 Å². The first-order chi connectivity index (χ1) is 9.10. The van der Waals surface area contributed by atoms with Crippen LogP contribution in [0.2, 0.25) is 10.0 Å². The van der Waals surface area contributed by atoms with Gasteiger partial charge < -0.3 is 11.1 Å². The summed E-state index contributed by atoms with van der Waals surface area (Å²) < 4.78 is 0.687. The molecule has 0 aliphatic rings. The molecule has 0 aromatic heterocycles. The molecule has 0 spiro atoms. The zero-order valence-corrected chi connectivity index (χ0v) is 14.9. The Kier molecular flexibility index (Phi) is 6.32. The molecule has 6 heteroatoms. The molecule has 0 aliphatic carbocycles. The van der Waals surface area contributed by atoms with E-state index in [1.54, 1.807) is 12.1 Å². The number of carbonyl (C=O) groups is 1. The predicted molar refractivity (Wildman–Crippen MR) is 89.5 cm³/mol. The summed E-state index contributed by atoms with van der Waals surface area (Å²) in [4.78, 5) is 12.0. The third-order valence-corrected chi connectivity index (χ3v) is 4.40. The molecule has 20 heavy (non-hydrogen) atoms. The third-order valence-electron chi connectivity index (χ3n) is 2.63. The van der Waals surface area contributed by atoms with Gasteiger partial charge in [-0.1, -0.05) is 44.0 Å². The summed E-state index contributed by atoms with van der Waals surface area (Å²) in [6.45, 7) is 6.28. The maximum absolute atomic E-state index is 12.0. The fourth-order valence-electron chi connectivity index (χ4n) is 1.92. The Bertz CT molecular complexity index is 501. The van der Waals surface area contributed by atoms with E-state index in [4.69, 9.17) is 28.9 Å². The third kappa shape index (κ3) is 5.60. The molecular formula is C14H19BrCl2N2O. The molecule has 0 saturated carbocycles. The number of amides is 1. The number of hydrogen-bond acceptors (Lipinski definition) is 2. The van der Waals surface area contributed by atoms with E-state index in [1.165, 1.54) is 0 Å². The van der Waals surface area contributed by atoms with E-state index < -0.39 is 0 Å². The van der Waals surface area contributed by atoms with Gasteiger partial charge in [-0.05, 0) is 39.9 Å². The van der Waals surface area contributed by atoms with Crippen molar-refractivity contribution >= 4 is 50.7 Å². The molecule has 112 valence electrons. The molecule has 0 fully saturated rings. The first-order valence-corrected chi connectivity index (χ1v) is 7.84. The quantitative estimate of drug-likeness (QED) is 0.732. The molecule has 1 rings (SSSR count). The summed E-state index contributed by atoms with van der Waals surface area (Å²) >= 11 is 15.4. The Labute approximate surface area is 138 Å². The van der Waals surface area contributed by atoms with Crippen molar-refractivity contribution in [1.29, 1.82) is 0 Å². The molecule has 1 atom stereocenters. The van der Waals surface area contributed by atoms with Crippen LogP contribution in [0, 0.1) is 5.41 Å². The van der Waals surface area contributed by atoms with Crippen LogP contribution in [-0.2, 0) is 4.79 Å².